The fraction of sp³-hybridized carbons (Fsp3) is 0.500. The van der Waals surface area contributed by atoms with Gasteiger partial charge in [0.1, 0.15) is 6.54 Å². The molecule has 0 spiro atoms. The van der Waals surface area contributed by atoms with E-state index >= 15 is 0 Å². The maximum atomic E-state index is 10.8. The molecule has 0 aliphatic heterocycles. The Hall–Kier alpha value is -2.22. The number of aromatic nitrogens is 1. The van der Waals surface area contributed by atoms with Crippen molar-refractivity contribution in [3.05, 3.63) is 60.9 Å². The van der Waals surface area contributed by atoms with Gasteiger partial charge >= 0.3 is 0 Å². The zero-order valence-corrected chi connectivity index (χ0v) is 24.0. The van der Waals surface area contributed by atoms with Gasteiger partial charge in [0.05, 0.1) is 10.1 Å². The summed E-state index contributed by atoms with van der Waals surface area (Å²) in [4.78, 5) is 5.01. The zero-order chi connectivity index (χ0) is 26.5. The second-order valence-corrected chi connectivity index (χ2v) is 12.4. The number of rotatable bonds is 17. The van der Waals surface area contributed by atoms with Gasteiger partial charge in [0.2, 0.25) is 0 Å². The number of pyridine rings is 1. The van der Waals surface area contributed by atoms with Crippen molar-refractivity contribution >= 4 is 27.1 Å². The van der Waals surface area contributed by atoms with Crippen LogP contribution in [0.15, 0.2) is 60.9 Å². The smallest absolute Gasteiger partial charge is 0.169 e. The summed E-state index contributed by atoms with van der Waals surface area (Å²) in [5, 5.41) is 0. The number of unbranched alkanes of at least 4 members (excludes halogenated alkanes) is 6. The SMILES string of the molecule is CCCCCCN(CCCCCC)c1ccc(-c2ccc(-c3cc[n+](CCCS(=O)(=O)[O-])cc3)s2)cc1. The van der Waals surface area contributed by atoms with Gasteiger partial charge in [0, 0.05) is 58.4 Å². The van der Waals surface area contributed by atoms with Gasteiger partial charge in [-0.3, -0.25) is 0 Å². The summed E-state index contributed by atoms with van der Waals surface area (Å²) in [6.45, 7) is 7.31. The lowest BCUT2D eigenvalue weighted by atomic mass is 10.1. The van der Waals surface area contributed by atoms with Crippen molar-refractivity contribution in [3.8, 4) is 20.9 Å². The number of benzene rings is 1. The van der Waals surface area contributed by atoms with Crippen LogP contribution in [0.25, 0.3) is 20.9 Å². The molecule has 5 nitrogen and oxygen atoms in total. The van der Waals surface area contributed by atoms with Crippen molar-refractivity contribution in [1.29, 1.82) is 0 Å². The van der Waals surface area contributed by atoms with Crippen molar-refractivity contribution < 1.29 is 17.5 Å². The van der Waals surface area contributed by atoms with Gasteiger partial charge in [-0.2, -0.15) is 0 Å². The molecule has 0 unspecified atom stereocenters. The molecular formula is C30H42N2O3S2. The number of thiophene rings is 1. The van der Waals surface area contributed by atoms with Crippen LogP contribution in [0.4, 0.5) is 5.69 Å². The van der Waals surface area contributed by atoms with E-state index in [4.69, 9.17) is 0 Å². The fourth-order valence-electron chi connectivity index (χ4n) is 4.51. The maximum absolute atomic E-state index is 10.8. The molecule has 0 saturated heterocycles. The lowest BCUT2D eigenvalue weighted by molar-refractivity contribution is -0.696. The Morgan fingerprint density at radius 1 is 0.730 bits per heavy atom. The van der Waals surface area contributed by atoms with E-state index in [1.807, 2.05) is 29.1 Å². The predicted octanol–water partition coefficient (Wildman–Crippen LogP) is 7.27. The molecule has 3 aromatic rings. The molecule has 0 bridgehead atoms. The number of hydrogen-bond donors (Lipinski definition) is 0. The molecule has 3 rings (SSSR count). The standard InChI is InChI=1S/C30H42N2O3S2/c1-3-5-7-9-21-32(22-10-8-6-4-2)28-14-12-26(13-15-28)29-16-17-30(36-29)27-18-23-31(24-19-27)20-11-25-37(33,34)35/h12-19,23-24H,3-11,20-22,25H2,1-2H3. The van der Waals surface area contributed by atoms with Crippen LogP contribution in [0.1, 0.15) is 71.6 Å². The molecule has 0 atom stereocenters. The van der Waals surface area contributed by atoms with Gasteiger partial charge < -0.3 is 9.45 Å². The molecular weight excluding hydrogens is 500 g/mol. The average molecular weight is 543 g/mol. The molecule has 0 saturated carbocycles. The van der Waals surface area contributed by atoms with Crippen LogP contribution >= 0.6 is 11.3 Å². The average Bonchev–Trinajstić information content (AvgIpc) is 3.38. The summed E-state index contributed by atoms with van der Waals surface area (Å²) in [5.74, 6) is -0.329. The van der Waals surface area contributed by atoms with Gasteiger partial charge in [-0.15, -0.1) is 11.3 Å². The highest BCUT2D eigenvalue weighted by Crippen LogP contribution is 2.35. The molecule has 2 aromatic heterocycles. The van der Waals surface area contributed by atoms with Crippen LogP contribution in [0, 0.1) is 0 Å². The third-order valence-electron chi connectivity index (χ3n) is 6.67. The molecule has 1 aromatic carbocycles. The van der Waals surface area contributed by atoms with E-state index in [0.29, 0.717) is 13.0 Å². The monoisotopic (exact) mass is 542 g/mol. The summed E-state index contributed by atoms with van der Waals surface area (Å²) >= 11 is 1.78. The Balaban J connectivity index is 1.62. The summed E-state index contributed by atoms with van der Waals surface area (Å²) in [5.41, 5.74) is 3.69. The van der Waals surface area contributed by atoms with E-state index in [2.05, 4.69) is 55.1 Å². The number of aryl methyl sites for hydroxylation is 1. The first-order valence-corrected chi connectivity index (χ1v) is 16.2. The minimum Gasteiger partial charge on any atom is -0.748 e. The number of hydrogen-bond acceptors (Lipinski definition) is 5. The third kappa shape index (κ3) is 10.2. The zero-order valence-electron chi connectivity index (χ0n) is 22.4. The van der Waals surface area contributed by atoms with Gasteiger partial charge in [0.15, 0.2) is 12.4 Å². The lowest BCUT2D eigenvalue weighted by Gasteiger charge is -2.25. The number of nitrogens with zero attached hydrogens (tertiary/aromatic N) is 2. The predicted molar refractivity (Wildman–Crippen MR) is 155 cm³/mol. The Morgan fingerprint density at radius 3 is 1.78 bits per heavy atom. The van der Waals surface area contributed by atoms with Crippen molar-refractivity contribution in [3.63, 3.8) is 0 Å². The van der Waals surface area contributed by atoms with Crippen LogP contribution in [0.3, 0.4) is 0 Å². The molecule has 7 heteroatoms. The van der Waals surface area contributed by atoms with Crippen molar-refractivity contribution in [1.82, 2.24) is 0 Å². The van der Waals surface area contributed by atoms with Crippen molar-refractivity contribution in [2.45, 2.75) is 78.2 Å². The van der Waals surface area contributed by atoms with Crippen LogP contribution in [0.5, 0.6) is 0 Å². The second kappa shape index (κ2) is 15.3. The van der Waals surface area contributed by atoms with Gasteiger partial charge in [0.25, 0.3) is 0 Å². The van der Waals surface area contributed by atoms with Crippen LogP contribution in [0.2, 0.25) is 0 Å². The first-order valence-electron chi connectivity index (χ1n) is 13.8. The Labute approximate surface area is 227 Å². The molecule has 0 aliphatic carbocycles. The van der Waals surface area contributed by atoms with E-state index < -0.39 is 10.1 Å². The molecule has 0 aliphatic rings. The second-order valence-electron chi connectivity index (χ2n) is 9.76. The minimum atomic E-state index is -4.15. The summed E-state index contributed by atoms with van der Waals surface area (Å²) < 4.78 is 34.3. The fourth-order valence-corrected chi connectivity index (χ4v) is 6.01. The van der Waals surface area contributed by atoms with Gasteiger partial charge in [-0.05, 0) is 42.7 Å². The third-order valence-corrected chi connectivity index (χ3v) is 8.64. The lowest BCUT2D eigenvalue weighted by Crippen LogP contribution is -2.33. The molecule has 202 valence electrons. The highest BCUT2D eigenvalue weighted by molar-refractivity contribution is 7.85. The highest BCUT2D eigenvalue weighted by Gasteiger charge is 2.10. The minimum absolute atomic E-state index is 0.323. The van der Waals surface area contributed by atoms with E-state index in [1.54, 1.807) is 11.3 Å². The normalized spacial score (nSPS) is 11.6. The van der Waals surface area contributed by atoms with Crippen LogP contribution in [-0.4, -0.2) is 31.8 Å². The Kier molecular flexibility index (Phi) is 12.1. The molecule has 37 heavy (non-hydrogen) atoms. The topological polar surface area (TPSA) is 64.3 Å². The highest BCUT2D eigenvalue weighted by atomic mass is 32.2. The first kappa shape index (κ1) is 29.3. The summed E-state index contributed by atoms with van der Waals surface area (Å²) in [6.07, 6.45) is 14.5. The maximum Gasteiger partial charge on any atom is 0.169 e. The van der Waals surface area contributed by atoms with Gasteiger partial charge in [-0.25, -0.2) is 13.0 Å². The Morgan fingerprint density at radius 2 is 1.27 bits per heavy atom. The van der Waals surface area contributed by atoms with E-state index in [1.165, 1.54) is 72.4 Å². The molecule has 2 heterocycles. The summed E-state index contributed by atoms with van der Waals surface area (Å²) in [6, 6.07) is 17.5. The number of anilines is 1. The summed E-state index contributed by atoms with van der Waals surface area (Å²) in [7, 11) is -4.15. The Bertz CT molecular complexity index is 1140. The quantitative estimate of drug-likeness (QED) is 0.102. The van der Waals surface area contributed by atoms with Crippen LogP contribution < -0.4 is 9.47 Å². The van der Waals surface area contributed by atoms with Crippen molar-refractivity contribution in [2.24, 2.45) is 0 Å². The largest absolute Gasteiger partial charge is 0.748 e. The van der Waals surface area contributed by atoms with E-state index in [-0.39, 0.29) is 5.75 Å². The first-order chi connectivity index (χ1) is 17.9. The van der Waals surface area contributed by atoms with Gasteiger partial charge in [-0.1, -0.05) is 64.5 Å². The van der Waals surface area contributed by atoms with Crippen molar-refractivity contribution in [2.75, 3.05) is 23.7 Å². The van der Waals surface area contributed by atoms with Crippen LogP contribution in [-0.2, 0) is 16.7 Å². The molecule has 0 amide bonds. The molecule has 0 fully saturated rings. The molecule has 0 N–H and O–H groups in total. The van der Waals surface area contributed by atoms with E-state index in [9.17, 15) is 13.0 Å². The molecule has 0 radical (unpaired) electrons. The van der Waals surface area contributed by atoms with E-state index in [0.717, 1.165) is 18.7 Å².